The lowest BCUT2D eigenvalue weighted by atomic mass is 9.89. The van der Waals surface area contributed by atoms with Crippen molar-refractivity contribution in [3.05, 3.63) is 35.1 Å². The van der Waals surface area contributed by atoms with Crippen molar-refractivity contribution in [2.24, 2.45) is 11.8 Å². The molecule has 84 valence electrons. The average Bonchev–Trinajstić information content (AvgIpc) is 2.16. The van der Waals surface area contributed by atoms with E-state index in [2.05, 4.69) is 13.8 Å². The summed E-state index contributed by atoms with van der Waals surface area (Å²) in [7, 11) is 0. The summed E-state index contributed by atoms with van der Waals surface area (Å²) in [5, 5.41) is 0. The van der Waals surface area contributed by atoms with Crippen molar-refractivity contribution >= 4 is 11.6 Å². The van der Waals surface area contributed by atoms with Crippen LogP contribution in [0.5, 0.6) is 0 Å². The van der Waals surface area contributed by atoms with Gasteiger partial charge in [0, 0.05) is 5.88 Å². The monoisotopic (exact) mass is 228 g/mol. The van der Waals surface area contributed by atoms with Crippen molar-refractivity contribution < 1.29 is 4.39 Å². The van der Waals surface area contributed by atoms with Gasteiger partial charge in [0.05, 0.1) is 0 Å². The zero-order valence-corrected chi connectivity index (χ0v) is 10.3. The molecular weight excluding hydrogens is 211 g/mol. The molecule has 2 heteroatoms. The summed E-state index contributed by atoms with van der Waals surface area (Å²) >= 11 is 5.92. The molecule has 0 aromatic heterocycles. The first-order valence-electron chi connectivity index (χ1n) is 5.35. The van der Waals surface area contributed by atoms with Crippen LogP contribution < -0.4 is 0 Å². The molecule has 15 heavy (non-hydrogen) atoms. The Morgan fingerprint density at radius 2 is 2.00 bits per heavy atom. The molecular formula is C13H18ClF. The van der Waals surface area contributed by atoms with Crippen LogP contribution in [0.3, 0.4) is 0 Å². The number of halogens is 2. The molecule has 0 amide bonds. The third-order valence-corrected chi connectivity index (χ3v) is 3.32. The summed E-state index contributed by atoms with van der Waals surface area (Å²) < 4.78 is 12.9. The second-order valence-electron chi connectivity index (χ2n) is 4.43. The fourth-order valence-corrected chi connectivity index (χ4v) is 2.10. The van der Waals surface area contributed by atoms with E-state index in [0.717, 1.165) is 12.0 Å². The quantitative estimate of drug-likeness (QED) is 0.678. The Kier molecular flexibility index (Phi) is 4.59. The van der Waals surface area contributed by atoms with Crippen LogP contribution in [0.4, 0.5) is 4.39 Å². The van der Waals surface area contributed by atoms with Gasteiger partial charge in [-0.25, -0.2) is 4.39 Å². The molecule has 1 unspecified atom stereocenters. The maximum absolute atomic E-state index is 12.9. The molecule has 1 atom stereocenters. The molecule has 0 bridgehead atoms. The van der Waals surface area contributed by atoms with Crippen LogP contribution >= 0.6 is 11.6 Å². The Hall–Kier alpha value is -0.560. The van der Waals surface area contributed by atoms with Gasteiger partial charge in [-0.3, -0.25) is 0 Å². The third kappa shape index (κ3) is 3.49. The van der Waals surface area contributed by atoms with Crippen molar-refractivity contribution in [1.29, 1.82) is 0 Å². The molecule has 0 aliphatic rings. The van der Waals surface area contributed by atoms with Crippen molar-refractivity contribution in [3.8, 4) is 0 Å². The molecule has 0 N–H and O–H groups in total. The Labute approximate surface area is 96.5 Å². The van der Waals surface area contributed by atoms with Crippen molar-refractivity contribution in [3.63, 3.8) is 0 Å². The second kappa shape index (κ2) is 5.50. The van der Waals surface area contributed by atoms with E-state index in [1.54, 1.807) is 6.07 Å². The van der Waals surface area contributed by atoms with Gasteiger partial charge in [-0.2, -0.15) is 0 Å². The molecule has 0 saturated heterocycles. The SMILES string of the molecule is Cc1cc(F)ccc1CC(CCl)C(C)C. The zero-order valence-electron chi connectivity index (χ0n) is 9.56. The van der Waals surface area contributed by atoms with Crippen LogP contribution in [0.15, 0.2) is 18.2 Å². The lowest BCUT2D eigenvalue weighted by molar-refractivity contribution is 0.421. The van der Waals surface area contributed by atoms with Gasteiger partial charge in [-0.05, 0) is 48.4 Å². The number of hydrogen-bond acceptors (Lipinski definition) is 0. The van der Waals surface area contributed by atoms with E-state index < -0.39 is 0 Å². The number of alkyl halides is 1. The zero-order chi connectivity index (χ0) is 11.4. The largest absolute Gasteiger partial charge is 0.207 e. The van der Waals surface area contributed by atoms with Crippen LogP contribution in [0, 0.1) is 24.6 Å². The molecule has 0 saturated carbocycles. The Morgan fingerprint density at radius 1 is 1.33 bits per heavy atom. The minimum Gasteiger partial charge on any atom is -0.207 e. The minimum atomic E-state index is -0.164. The summed E-state index contributed by atoms with van der Waals surface area (Å²) in [5.74, 6) is 1.53. The van der Waals surface area contributed by atoms with Crippen LogP contribution in [-0.2, 0) is 6.42 Å². The van der Waals surface area contributed by atoms with Crippen LogP contribution in [0.1, 0.15) is 25.0 Å². The fraction of sp³-hybridized carbons (Fsp3) is 0.538. The van der Waals surface area contributed by atoms with E-state index in [-0.39, 0.29) is 5.82 Å². The van der Waals surface area contributed by atoms with E-state index in [1.807, 2.05) is 13.0 Å². The van der Waals surface area contributed by atoms with Gasteiger partial charge < -0.3 is 0 Å². The summed E-state index contributed by atoms with van der Waals surface area (Å²) in [5.41, 5.74) is 2.22. The molecule has 0 aliphatic carbocycles. The molecule has 1 aromatic carbocycles. The van der Waals surface area contributed by atoms with Gasteiger partial charge in [0.25, 0.3) is 0 Å². The molecule has 0 nitrogen and oxygen atoms in total. The highest BCUT2D eigenvalue weighted by Crippen LogP contribution is 2.21. The van der Waals surface area contributed by atoms with Crippen molar-refractivity contribution in [1.82, 2.24) is 0 Å². The highest BCUT2D eigenvalue weighted by molar-refractivity contribution is 6.18. The molecule has 0 spiro atoms. The van der Waals surface area contributed by atoms with Gasteiger partial charge in [-0.15, -0.1) is 11.6 Å². The number of rotatable bonds is 4. The summed E-state index contributed by atoms with van der Waals surface area (Å²) in [6, 6.07) is 4.97. The van der Waals surface area contributed by atoms with Crippen molar-refractivity contribution in [2.45, 2.75) is 27.2 Å². The molecule has 0 radical (unpaired) electrons. The molecule has 0 heterocycles. The number of hydrogen-bond donors (Lipinski definition) is 0. The van der Waals surface area contributed by atoms with E-state index in [1.165, 1.54) is 11.6 Å². The molecule has 1 rings (SSSR count). The lowest BCUT2D eigenvalue weighted by Gasteiger charge is -2.19. The molecule has 0 aliphatic heterocycles. The first-order chi connectivity index (χ1) is 7.04. The van der Waals surface area contributed by atoms with E-state index >= 15 is 0 Å². The summed E-state index contributed by atoms with van der Waals surface area (Å²) in [4.78, 5) is 0. The fourth-order valence-electron chi connectivity index (χ4n) is 1.64. The van der Waals surface area contributed by atoms with Gasteiger partial charge >= 0.3 is 0 Å². The van der Waals surface area contributed by atoms with Gasteiger partial charge in [0.1, 0.15) is 5.82 Å². The summed E-state index contributed by atoms with van der Waals surface area (Å²) in [6.45, 7) is 6.29. The third-order valence-electron chi connectivity index (χ3n) is 2.93. The van der Waals surface area contributed by atoms with Crippen LogP contribution in [0.2, 0.25) is 0 Å². The number of benzene rings is 1. The van der Waals surface area contributed by atoms with Crippen LogP contribution in [0.25, 0.3) is 0 Å². The normalized spacial score (nSPS) is 13.2. The smallest absolute Gasteiger partial charge is 0.123 e. The van der Waals surface area contributed by atoms with Crippen molar-refractivity contribution in [2.75, 3.05) is 5.88 Å². The average molecular weight is 229 g/mol. The Balaban J connectivity index is 2.79. The van der Waals surface area contributed by atoms with Crippen LogP contribution in [-0.4, -0.2) is 5.88 Å². The minimum absolute atomic E-state index is 0.164. The second-order valence-corrected chi connectivity index (χ2v) is 4.74. The van der Waals surface area contributed by atoms with Gasteiger partial charge in [0.2, 0.25) is 0 Å². The van der Waals surface area contributed by atoms with Gasteiger partial charge in [0.15, 0.2) is 0 Å². The highest BCUT2D eigenvalue weighted by atomic mass is 35.5. The molecule has 0 fully saturated rings. The topological polar surface area (TPSA) is 0 Å². The maximum atomic E-state index is 12.9. The number of aryl methyl sites for hydroxylation is 1. The Morgan fingerprint density at radius 3 is 2.47 bits per heavy atom. The summed E-state index contributed by atoms with van der Waals surface area (Å²) in [6.07, 6.45) is 0.938. The van der Waals surface area contributed by atoms with E-state index in [9.17, 15) is 4.39 Å². The first kappa shape index (κ1) is 12.5. The predicted octanol–water partition coefficient (Wildman–Crippen LogP) is 4.19. The molecule has 1 aromatic rings. The van der Waals surface area contributed by atoms with E-state index in [4.69, 9.17) is 11.6 Å². The lowest BCUT2D eigenvalue weighted by Crippen LogP contribution is -2.14. The predicted molar refractivity (Wildman–Crippen MR) is 63.9 cm³/mol. The van der Waals surface area contributed by atoms with E-state index in [0.29, 0.717) is 17.7 Å². The Bertz CT molecular complexity index is 320. The first-order valence-corrected chi connectivity index (χ1v) is 5.89. The standard InChI is InChI=1S/C13H18ClF/c1-9(2)12(8-14)7-11-4-5-13(15)6-10(11)3/h4-6,9,12H,7-8H2,1-3H3. The maximum Gasteiger partial charge on any atom is 0.123 e. The highest BCUT2D eigenvalue weighted by Gasteiger charge is 2.14. The van der Waals surface area contributed by atoms with Gasteiger partial charge in [-0.1, -0.05) is 19.9 Å².